The molecule has 0 aliphatic heterocycles. The van der Waals surface area contributed by atoms with Gasteiger partial charge in [0.15, 0.2) is 0 Å². The average Bonchev–Trinajstić information content (AvgIpc) is 2.48. The Balaban J connectivity index is 2.11. The van der Waals surface area contributed by atoms with Crippen molar-refractivity contribution in [3.8, 4) is 0 Å². The lowest BCUT2D eigenvalue weighted by Crippen LogP contribution is -2.17. The zero-order valence-electron chi connectivity index (χ0n) is 12.4. The van der Waals surface area contributed by atoms with Gasteiger partial charge in [0.1, 0.15) is 5.82 Å². The van der Waals surface area contributed by atoms with Crippen molar-refractivity contribution < 1.29 is 4.39 Å². The minimum absolute atomic E-state index is 0.181. The van der Waals surface area contributed by atoms with Gasteiger partial charge in [-0.15, -0.1) is 0 Å². The summed E-state index contributed by atoms with van der Waals surface area (Å²) in [5.41, 5.74) is 2.72. The number of hydrogen-bond donors (Lipinski definition) is 1. The summed E-state index contributed by atoms with van der Waals surface area (Å²) in [5, 5.41) is 3.98. The molecule has 21 heavy (non-hydrogen) atoms. The highest BCUT2D eigenvalue weighted by Gasteiger charge is 2.08. The average molecular weight is 307 g/mol. The van der Waals surface area contributed by atoms with Crippen LogP contribution < -0.4 is 10.2 Å². The van der Waals surface area contributed by atoms with E-state index in [-0.39, 0.29) is 5.82 Å². The monoisotopic (exact) mass is 306 g/mol. The third kappa shape index (κ3) is 4.19. The normalized spacial score (nSPS) is 10.7. The molecule has 2 rings (SSSR count). The van der Waals surface area contributed by atoms with Crippen molar-refractivity contribution in [1.29, 1.82) is 0 Å². The maximum atomic E-state index is 13.7. The predicted molar refractivity (Wildman–Crippen MR) is 87.3 cm³/mol. The van der Waals surface area contributed by atoms with Crippen molar-refractivity contribution in [3.63, 3.8) is 0 Å². The summed E-state index contributed by atoms with van der Waals surface area (Å²) in [5.74, 6) is -0.181. The Morgan fingerprint density at radius 3 is 2.57 bits per heavy atom. The first-order valence-electron chi connectivity index (χ1n) is 7.05. The van der Waals surface area contributed by atoms with Crippen molar-refractivity contribution in [3.05, 3.63) is 64.4 Å². The Kier molecular flexibility index (Phi) is 5.59. The maximum Gasteiger partial charge on any atom is 0.128 e. The summed E-state index contributed by atoms with van der Waals surface area (Å²) < 4.78 is 13.7. The third-order valence-corrected chi connectivity index (χ3v) is 3.76. The van der Waals surface area contributed by atoms with Crippen molar-refractivity contribution in [2.45, 2.75) is 20.0 Å². The fraction of sp³-hybridized carbons (Fsp3) is 0.294. The Morgan fingerprint density at radius 1 is 1.14 bits per heavy atom. The van der Waals surface area contributed by atoms with Gasteiger partial charge in [-0.25, -0.2) is 4.39 Å². The van der Waals surface area contributed by atoms with Gasteiger partial charge < -0.3 is 10.2 Å². The smallest absolute Gasteiger partial charge is 0.128 e. The topological polar surface area (TPSA) is 15.3 Å². The molecule has 1 N–H and O–H groups in total. The maximum absolute atomic E-state index is 13.7. The number of benzene rings is 2. The van der Waals surface area contributed by atoms with Crippen molar-refractivity contribution in [2.75, 3.05) is 18.5 Å². The fourth-order valence-corrected chi connectivity index (χ4v) is 2.39. The first kappa shape index (κ1) is 15.8. The van der Waals surface area contributed by atoms with Crippen LogP contribution in [0, 0.1) is 5.82 Å². The second-order valence-corrected chi connectivity index (χ2v) is 5.41. The van der Waals surface area contributed by atoms with E-state index in [1.54, 1.807) is 12.1 Å². The number of anilines is 1. The minimum atomic E-state index is -0.181. The van der Waals surface area contributed by atoms with Crippen LogP contribution in [-0.2, 0) is 13.1 Å². The summed E-state index contributed by atoms with van der Waals surface area (Å²) in [6.45, 7) is 4.23. The third-order valence-electron chi connectivity index (χ3n) is 3.41. The molecule has 0 amide bonds. The molecule has 0 aliphatic carbocycles. The molecule has 0 saturated heterocycles. The first-order valence-corrected chi connectivity index (χ1v) is 7.43. The number of nitrogens with one attached hydrogen (secondary N) is 1. The molecule has 0 unspecified atom stereocenters. The summed E-state index contributed by atoms with van der Waals surface area (Å²) in [6, 6.07) is 12.8. The summed E-state index contributed by atoms with van der Waals surface area (Å²) in [7, 11) is 1.93. The van der Waals surface area contributed by atoms with E-state index in [4.69, 9.17) is 11.6 Å². The highest BCUT2D eigenvalue weighted by atomic mass is 35.5. The minimum Gasteiger partial charge on any atom is -0.370 e. The Bertz CT molecular complexity index is 601. The fourth-order valence-electron chi connectivity index (χ4n) is 2.15. The van der Waals surface area contributed by atoms with Gasteiger partial charge >= 0.3 is 0 Å². The number of halogens is 2. The zero-order chi connectivity index (χ0) is 15.2. The van der Waals surface area contributed by atoms with E-state index in [1.807, 2.05) is 36.2 Å². The quantitative estimate of drug-likeness (QED) is 0.859. The lowest BCUT2D eigenvalue weighted by molar-refractivity contribution is 0.608. The zero-order valence-corrected chi connectivity index (χ0v) is 13.1. The lowest BCUT2D eigenvalue weighted by Gasteiger charge is -2.20. The van der Waals surface area contributed by atoms with Crippen LogP contribution in [0.2, 0.25) is 5.02 Å². The molecule has 2 aromatic carbocycles. The van der Waals surface area contributed by atoms with Crippen LogP contribution in [-0.4, -0.2) is 13.6 Å². The molecule has 2 nitrogen and oxygen atoms in total. The van der Waals surface area contributed by atoms with Crippen molar-refractivity contribution in [2.24, 2.45) is 0 Å². The van der Waals surface area contributed by atoms with Gasteiger partial charge in [-0.1, -0.05) is 42.8 Å². The Hall–Kier alpha value is -1.58. The van der Waals surface area contributed by atoms with Crippen LogP contribution >= 0.6 is 11.6 Å². The van der Waals surface area contributed by atoms with E-state index >= 15 is 0 Å². The molecule has 112 valence electrons. The molecule has 2 aromatic rings. The van der Waals surface area contributed by atoms with Crippen LogP contribution in [0.4, 0.5) is 10.1 Å². The first-order chi connectivity index (χ1) is 10.1. The molecular weight excluding hydrogens is 287 g/mol. The number of nitrogens with zero attached hydrogens (tertiary/aromatic N) is 1. The highest BCUT2D eigenvalue weighted by Crippen LogP contribution is 2.24. The molecule has 0 aliphatic rings. The Morgan fingerprint density at radius 2 is 1.90 bits per heavy atom. The molecule has 4 heteroatoms. The van der Waals surface area contributed by atoms with Crippen LogP contribution in [0.25, 0.3) is 0 Å². The van der Waals surface area contributed by atoms with Gasteiger partial charge in [0.25, 0.3) is 0 Å². The van der Waals surface area contributed by atoms with Gasteiger partial charge in [-0.05, 0) is 30.3 Å². The predicted octanol–water partition coefficient (Wildman–Crippen LogP) is 4.23. The van der Waals surface area contributed by atoms with Gasteiger partial charge in [-0.2, -0.15) is 0 Å². The molecule has 0 aromatic heterocycles. The highest BCUT2D eigenvalue weighted by molar-refractivity contribution is 6.31. The van der Waals surface area contributed by atoms with Crippen LogP contribution in [0.1, 0.15) is 18.1 Å². The lowest BCUT2D eigenvalue weighted by atomic mass is 10.1. The molecular formula is C17H20ClFN2. The van der Waals surface area contributed by atoms with Crippen molar-refractivity contribution in [1.82, 2.24) is 5.32 Å². The molecule has 0 bridgehead atoms. The van der Waals surface area contributed by atoms with Gasteiger partial charge in [-0.3, -0.25) is 0 Å². The van der Waals surface area contributed by atoms with Crippen LogP contribution in [0.15, 0.2) is 42.5 Å². The SMILES string of the molecule is CCNCc1ccc(N(C)Cc2ccccc2F)cc1Cl. The van der Waals surface area contributed by atoms with Gasteiger partial charge in [0, 0.05) is 36.4 Å². The van der Waals surface area contributed by atoms with E-state index < -0.39 is 0 Å². The molecule has 0 saturated carbocycles. The van der Waals surface area contributed by atoms with Gasteiger partial charge in [0.05, 0.1) is 0 Å². The van der Waals surface area contributed by atoms with Crippen molar-refractivity contribution >= 4 is 17.3 Å². The van der Waals surface area contributed by atoms with E-state index in [0.717, 1.165) is 29.4 Å². The van der Waals surface area contributed by atoms with Gasteiger partial charge in [0.2, 0.25) is 0 Å². The summed E-state index contributed by atoms with van der Waals surface area (Å²) in [6.07, 6.45) is 0. The second-order valence-electron chi connectivity index (χ2n) is 5.00. The largest absolute Gasteiger partial charge is 0.370 e. The van der Waals surface area contributed by atoms with E-state index in [0.29, 0.717) is 12.1 Å². The summed E-state index contributed by atoms with van der Waals surface area (Å²) >= 11 is 6.30. The molecule has 0 radical (unpaired) electrons. The van der Waals surface area contributed by atoms with E-state index in [9.17, 15) is 4.39 Å². The number of rotatable bonds is 6. The Labute approximate surface area is 130 Å². The number of hydrogen-bond acceptors (Lipinski definition) is 2. The summed E-state index contributed by atoms with van der Waals surface area (Å²) in [4.78, 5) is 1.99. The molecule has 0 heterocycles. The second kappa shape index (κ2) is 7.43. The molecule has 0 fully saturated rings. The standard InChI is InChI=1S/C17H20ClFN2/c1-3-20-11-13-8-9-15(10-16(13)18)21(2)12-14-6-4-5-7-17(14)19/h4-10,20H,3,11-12H2,1-2H3. The van der Waals surface area contributed by atoms with E-state index in [1.165, 1.54) is 6.07 Å². The van der Waals surface area contributed by atoms with Crippen LogP contribution in [0.3, 0.4) is 0 Å². The molecule has 0 atom stereocenters. The molecule has 0 spiro atoms. The van der Waals surface area contributed by atoms with E-state index in [2.05, 4.69) is 12.2 Å². The van der Waals surface area contributed by atoms with Crippen LogP contribution in [0.5, 0.6) is 0 Å².